The van der Waals surface area contributed by atoms with Crippen molar-refractivity contribution < 1.29 is 4.74 Å². The van der Waals surface area contributed by atoms with Crippen LogP contribution in [-0.4, -0.2) is 42.0 Å². The van der Waals surface area contributed by atoms with Gasteiger partial charge >= 0.3 is 0 Å². The fraction of sp³-hybridized carbons (Fsp3) is 0.524. The van der Waals surface area contributed by atoms with E-state index in [1.165, 1.54) is 5.56 Å². The quantitative estimate of drug-likeness (QED) is 0.298. The Bertz CT molecular complexity index is 687. The number of aromatic nitrogens is 2. The van der Waals surface area contributed by atoms with E-state index in [0.717, 1.165) is 37.6 Å². The maximum atomic E-state index is 5.79. The maximum Gasteiger partial charge on any atom is 0.191 e. The van der Waals surface area contributed by atoms with Crippen molar-refractivity contribution in [3.05, 3.63) is 53.9 Å². The highest BCUT2D eigenvalue weighted by molar-refractivity contribution is 14.0. The van der Waals surface area contributed by atoms with E-state index >= 15 is 0 Å². The molecule has 1 atom stereocenters. The molecule has 156 valence electrons. The molecule has 0 radical (unpaired) electrons. The number of hydrogen-bond acceptors (Lipinski definition) is 3. The molecule has 7 heteroatoms. The normalized spacial score (nSPS) is 12.5. The molecule has 1 heterocycles. The third-order valence-corrected chi connectivity index (χ3v) is 4.40. The molecule has 0 aliphatic heterocycles. The van der Waals surface area contributed by atoms with Gasteiger partial charge in [-0.1, -0.05) is 44.2 Å². The highest BCUT2D eigenvalue weighted by Crippen LogP contribution is 2.10. The van der Waals surface area contributed by atoms with Crippen molar-refractivity contribution in [1.82, 2.24) is 20.4 Å². The van der Waals surface area contributed by atoms with Gasteiger partial charge in [0.25, 0.3) is 0 Å². The minimum atomic E-state index is 0. The van der Waals surface area contributed by atoms with Crippen LogP contribution in [0, 0.1) is 5.92 Å². The van der Waals surface area contributed by atoms with E-state index in [1.807, 2.05) is 36.0 Å². The Morgan fingerprint density at radius 2 is 1.93 bits per heavy atom. The molecule has 0 saturated carbocycles. The summed E-state index contributed by atoms with van der Waals surface area (Å²) < 4.78 is 7.74. The smallest absolute Gasteiger partial charge is 0.191 e. The van der Waals surface area contributed by atoms with E-state index in [2.05, 4.69) is 52.9 Å². The molecule has 2 rings (SSSR count). The lowest BCUT2D eigenvalue weighted by Crippen LogP contribution is -2.38. The Kier molecular flexibility index (Phi) is 11.8. The summed E-state index contributed by atoms with van der Waals surface area (Å²) in [6.45, 7) is 9.48. The molecule has 2 aromatic rings. The molecule has 1 aromatic carbocycles. The lowest BCUT2D eigenvalue weighted by Gasteiger charge is -2.21. The van der Waals surface area contributed by atoms with Crippen LogP contribution in [0.1, 0.15) is 38.3 Å². The minimum Gasteiger partial charge on any atom is -0.378 e. The SMILES string of the molecule is CCOC(CCNC(=NC)NCc1cnn(Cc2ccccc2)c1)C(C)C.I. The van der Waals surface area contributed by atoms with Gasteiger partial charge in [-0.2, -0.15) is 5.10 Å². The summed E-state index contributed by atoms with van der Waals surface area (Å²) in [5.74, 6) is 1.31. The molecule has 0 bridgehead atoms. The summed E-state index contributed by atoms with van der Waals surface area (Å²) in [4.78, 5) is 4.29. The molecule has 1 aromatic heterocycles. The van der Waals surface area contributed by atoms with Crippen molar-refractivity contribution in [2.24, 2.45) is 10.9 Å². The van der Waals surface area contributed by atoms with Gasteiger partial charge in [0.1, 0.15) is 0 Å². The zero-order chi connectivity index (χ0) is 19.5. The van der Waals surface area contributed by atoms with E-state index in [4.69, 9.17) is 4.74 Å². The first-order valence-electron chi connectivity index (χ1n) is 9.73. The van der Waals surface area contributed by atoms with Gasteiger partial charge in [0.2, 0.25) is 0 Å². The number of guanidine groups is 1. The molecule has 0 fully saturated rings. The Morgan fingerprint density at radius 3 is 2.57 bits per heavy atom. The lowest BCUT2D eigenvalue weighted by atomic mass is 10.0. The molecule has 0 amide bonds. The number of halogens is 1. The van der Waals surface area contributed by atoms with Gasteiger partial charge < -0.3 is 15.4 Å². The summed E-state index contributed by atoms with van der Waals surface area (Å²) in [5.41, 5.74) is 2.37. The monoisotopic (exact) mass is 499 g/mol. The standard InChI is InChI=1S/C21H33N5O.HI/c1-5-27-20(17(2)3)11-12-23-21(22-4)24-13-19-14-25-26(16-19)15-18-9-7-6-8-10-18;/h6-10,14,16-17,20H,5,11-13,15H2,1-4H3,(H2,22,23,24);1H. The van der Waals surface area contributed by atoms with Crippen LogP contribution in [0.5, 0.6) is 0 Å². The maximum absolute atomic E-state index is 5.79. The second kappa shape index (κ2) is 13.5. The van der Waals surface area contributed by atoms with Crippen LogP contribution in [0.15, 0.2) is 47.7 Å². The molecule has 0 aliphatic carbocycles. The number of nitrogens with one attached hydrogen (secondary N) is 2. The highest BCUT2D eigenvalue weighted by atomic mass is 127. The molecule has 0 spiro atoms. The number of hydrogen-bond donors (Lipinski definition) is 2. The highest BCUT2D eigenvalue weighted by Gasteiger charge is 2.13. The fourth-order valence-corrected chi connectivity index (χ4v) is 2.92. The zero-order valence-corrected chi connectivity index (χ0v) is 19.7. The summed E-state index contributed by atoms with van der Waals surface area (Å²) in [5, 5.41) is 11.1. The molecular weight excluding hydrogens is 465 g/mol. The van der Waals surface area contributed by atoms with Crippen molar-refractivity contribution in [2.45, 2.75) is 46.4 Å². The number of aliphatic imine (C=N–C) groups is 1. The summed E-state index contributed by atoms with van der Waals surface area (Å²) in [6.07, 6.45) is 5.20. The van der Waals surface area contributed by atoms with Gasteiger partial charge in [0.15, 0.2) is 5.96 Å². The van der Waals surface area contributed by atoms with Crippen molar-refractivity contribution in [3.63, 3.8) is 0 Å². The van der Waals surface area contributed by atoms with Gasteiger partial charge in [0, 0.05) is 38.5 Å². The van der Waals surface area contributed by atoms with E-state index in [9.17, 15) is 0 Å². The zero-order valence-electron chi connectivity index (χ0n) is 17.4. The predicted octanol–water partition coefficient (Wildman–Crippen LogP) is 3.67. The van der Waals surface area contributed by atoms with Crippen LogP contribution >= 0.6 is 24.0 Å². The van der Waals surface area contributed by atoms with Gasteiger partial charge in [-0.15, -0.1) is 24.0 Å². The van der Waals surface area contributed by atoms with E-state index < -0.39 is 0 Å². The molecule has 28 heavy (non-hydrogen) atoms. The van der Waals surface area contributed by atoms with Crippen LogP contribution in [0.3, 0.4) is 0 Å². The van der Waals surface area contributed by atoms with Crippen molar-refractivity contribution in [2.75, 3.05) is 20.2 Å². The third kappa shape index (κ3) is 8.60. The van der Waals surface area contributed by atoms with Gasteiger partial charge in [0.05, 0.1) is 18.8 Å². The van der Waals surface area contributed by atoms with Crippen molar-refractivity contribution in [3.8, 4) is 0 Å². The molecule has 6 nitrogen and oxygen atoms in total. The summed E-state index contributed by atoms with van der Waals surface area (Å²) in [7, 11) is 1.79. The van der Waals surface area contributed by atoms with Gasteiger partial charge in [-0.25, -0.2) is 0 Å². The molecule has 0 aliphatic rings. The van der Waals surface area contributed by atoms with E-state index in [-0.39, 0.29) is 30.1 Å². The first kappa shape index (κ1) is 24.4. The van der Waals surface area contributed by atoms with Crippen LogP contribution in [0.4, 0.5) is 0 Å². The fourth-order valence-electron chi connectivity index (χ4n) is 2.92. The largest absolute Gasteiger partial charge is 0.378 e. The van der Waals surface area contributed by atoms with E-state index in [1.54, 1.807) is 7.05 Å². The Hall–Kier alpha value is -1.61. The Balaban J connectivity index is 0.00000392. The van der Waals surface area contributed by atoms with Gasteiger partial charge in [-0.3, -0.25) is 9.67 Å². The molecule has 2 N–H and O–H groups in total. The molecule has 0 saturated heterocycles. The third-order valence-electron chi connectivity index (χ3n) is 4.40. The topological polar surface area (TPSA) is 63.5 Å². The average Bonchev–Trinajstić information content (AvgIpc) is 3.11. The Morgan fingerprint density at radius 1 is 1.18 bits per heavy atom. The average molecular weight is 499 g/mol. The number of rotatable bonds is 10. The summed E-state index contributed by atoms with van der Waals surface area (Å²) >= 11 is 0. The first-order chi connectivity index (χ1) is 13.1. The summed E-state index contributed by atoms with van der Waals surface area (Å²) in [6, 6.07) is 10.3. The predicted molar refractivity (Wildman–Crippen MR) is 126 cm³/mol. The number of ether oxygens (including phenoxy) is 1. The minimum absolute atomic E-state index is 0. The lowest BCUT2D eigenvalue weighted by molar-refractivity contribution is 0.0258. The second-order valence-electron chi connectivity index (χ2n) is 6.91. The van der Waals surface area contributed by atoms with Crippen LogP contribution in [0.2, 0.25) is 0 Å². The van der Waals surface area contributed by atoms with Crippen molar-refractivity contribution in [1.29, 1.82) is 0 Å². The van der Waals surface area contributed by atoms with Crippen LogP contribution < -0.4 is 10.6 Å². The van der Waals surface area contributed by atoms with Crippen molar-refractivity contribution >= 4 is 29.9 Å². The molecular formula is C21H34IN5O. The number of nitrogens with zero attached hydrogens (tertiary/aromatic N) is 3. The second-order valence-corrected chi connectivity index (χ2v) is 6.91. The number of benzene rings is 1. The van der Waals surface area contributed by atoms with Crippen LogP contribution in [0.25, 0.3) is 0 Å². The Labute approximate surface area is 186 Å². The van der Waals surface area contributed by atoms with Gasteiger partial charge in [-0.05, 0) is 24.8 Å². The van der Waals surface area contributed by atoms with E-state index in [0.29, 0.717) is 12.5 Å². The molecule has 1 unspecified atom stereocenters. The van der Waals surface area contributed by atoms with Crippen LogP contribution in [-0.2, 0) is 17.8 Å². The first-order valence-corrected chi connectivity index (χ1v) is 9.73.